The number of rotatable bonds is 2. The van der Waals surface area contributed by atoms with Gasteiger partial charge in [0.2, 0.25) is 0 Å². The second-order valence-electron chi connectivity index (χ2n) is 3.05. The lowest BCUT2D eigenvalue weighted by molar-refractivity contribution is -0.0472. The van der Waals surface area contributed by atoms with E-state index in [0.29, 0.717) is 23.2 Å². The number of hydrogen-bond donors (Lipinski definition) is 0. The summed E-state index contributed by atoms with van der Waals surface area (Å²) in [6.45, 7) is 0.960. The lowest BCUT2D eigenvalue weighted by Crippen LogP contribution is -2.04. The highest BCUT2D eigenvalue weighted by molar-refractivity contribution is 9.10. The van der Waals surface area contributed by atoms with Crippen molar-refractivity contribution in [3.8, 4) is 5.75 Å². The topological polar surface area (TPSA) is 27.7 Å². The Morgan fingerprint density at radius 3 is 2.67 bits per heavy atom. The molecule has 15 heavy (non-hydrogen) atoms. The molecule has 3 nitrogen and oxygen atoms in total. The summed E-state index contributed by atoms with van der Waals surface area (Å²) < 4.78 is 29.9. The molecule has 82 valence electrons. The number of hydrogen-bond acceptors (Lipinski definition) is 3. The quantitative estimate of drug-likeness (QED) is 0.831. The average molecular weight is 277 g/mol. The SMILES string of the molecule is COc1ccc(Br)c(C2OCCO2)c1F. The molecule has 1 aliphatic rings. The van der Waals surface area contributed by atoms with E-state index in [1.807, 2.05) is 0 Å². The first kappa shape index (κ1) is 10.9. The van der Waals surface area contributed by atoms with Crippen LogP contribution in [0.15, 0.2) is 16.6 Å². The molecule has 0 spiro atoms. The fourth-order valence-corrected chi connectivity index (χ4v) is 1.94. The second kappa shape index (κ2) is 4.47. The van der Waals surface area contributed by atoms with Gasteiger partial charge in [0, 0.05) is 4.47 Å². The molecule has 1 aliphatic heterocycles. The van der Waals surface area contributed by atoms with Crippen LogP contribution in [0, 0.1) is 5.82 Å². The van der Waals surface area contributed by atoms with Crippen LogP contribution in [0.2, 0.25) is 0 Å². The molecule has 0 aliphatic carbocycles. The zero-order valence-electron chi connectivity index (χ0n) is 8.13. The van der Waals surface area contributed by atoms with Crippen LogP contribution in [0.25, 0.3) is 0 Å². The van der Waals surface area contributed by atoms with Crippen molar-refractivity contribution in [3.05, 3.63) is 28.0 Å². The lowest BCUT2D eigenvalue weighted by Gasteiger charge is -2.14. The summed E-state index contributed by atoms with van der Waals surface area (Å²) in [6.07, 6.45) is -0.644. The highest BCUT2D eigenvalue weighted by atomic mass is 79.9. The number of halogens is 2. The van der Waals surface area contributed by atoms with Gasteiger partial charge in [-0.05, 0) is 12.1 Å². The minimum Gasteiger partial charge on any atom is -0.494 e. The van der Waals surface area contributed by atoms with Crippen molar-refractivity contribution in [2.24, 2.45) is 0 Å². The zero-order valence-corrected chi connectivity index (χ0v) is 9.71. The van der Waals surface area contributed by atoms with Gasteiger partial charge in [-0.2, -0.15) is 0 Å². The smallest absolute Gasteiger partial charge is 0.188 e. The number of ether oxygens (including phenoxy) is 3. The first-order valence-corrected chi connectivity index (χ1v) is 5.28. The highest BCUT2D eigenvalue weighted by Gasteiger charge is 2.26. The number of methoxy groups -OCH3 is 1. The molecule has 0 unspecified atom stereocenters. The monoisotopic (exact) mass is 276 g/mol. The fourth-order valence-electron chi connectivity index (χ4n) is 1.45. The third kappa shape index (κ3) is 2.00. The molecule has 1 heterocycles. The summed E-state index contributed by atoms with van der Waals surface area (Å²) in [4.78, 5) is 0. The Morgan fingerprint density at radius 2 is 2.07 bits per heavy atom. The minimum atomic E-state index is -0.644. The van der Waals surface area contributed by atoms with Crippen LogP contribution in [0.4, 0.5) is 4.39 Å². The van der Waals surface area contributed by atoms with Crippen molar-refractivity contribution < 1.29 is 18.6 Å². The van der Waals surface area contributed by atoms with Crippen LogP contribution in [-0.4, -0.2) is 20.3 Å². The van der Waals surface area contributed by atoms with E-state index in [4.69, 9.17) is 14.2 Å². The molecule has 5 heteroatoms. The van der Waals surface area contributed by atoms with Gasteiger partial charge in [-0.1, -0.05) is 15.9 Å². The maximum atomic E-state index is 13.9. The minimum absolute atomic E-state index is 0.187. The molecular formula is C10H10BrFO3. The van der Waals surface area contributed by atoms with Crippen molar-refractivity contribution in [2.45, 2.75) is 6.29 Å². The van der Waals surface area contributed by atoms with E-state index in [1.165, 1.54) is 7.11 Å². The highest BCUT2D eigenvalue weighted by Crippen LogP contribution is 2.35. The van der Waals surface area contributed by atoms with Gasteiger partial charge < -0.3 is 14.2 Å². The molecule has 0 radical (unpaired) electrons. The van der Waals surface area contributed by atoms with Crippen molar-refractivity contribution in [3.63, 3.8) is 0 Å². The third-order valence-corrected chi connectivity index (χ3v) is 2.86. The van der Waals surface area contributed by atoms with Crippen LogP contribution >= 0.6 is 15.9 Å². The summed E-state index contributed by atoms with van der Waals surface area (Å²) in [7, 11) is 1.42. The van der Waals surface area contributed by atoms with Gasteiger partial charge >= 0.3 is 0 Å². The molecule has 1 aromatic carbocycles. The standard InChI is InChI=1S/C10H10BrFO3/c1-13-7-3-2-6(11)8(9(7)12)10-14-4-5-15-10/h2-3,10H,4-5H2,1H3. The van der Waals surface area contributed by atoms with E-state index in [2.05, 4.69) is 15.9 Å². The largest absolute Gasteiger partial charge is 0.494 e. The predicted octanol–water partition coefficient (Wildman–Crippen LogP) is 2.64. The van der Waals surface area contributed by atoms with E-state index in [1.54, 1.807) is 12.1 Å². The molecule has 0 amide bonds. The Kier molecular flexibility index (Phi) is 3.23. The second-order valence-corrected chi connectivity index (χ2v) is 3.91. The third-order valence-electron chi connectivity index (χ3n) is 2.17. The van der Waals surface area contributed by atoms with Crippen LogP contribution in [0.1, 0.15) is 11.9 Å². The van der Waals surface area contributed by atoms with Crippen molar-refractivity contribution in [1.82, 2.24) is 0 Å². The lowest BCUT2D eigenvalue weighted by atomic mass is 10.2. The van der Waals surface area contributed by atoms with Crippen molar-refractivity contribution >= 4 is 15.9 Å². The summed E-state index contributed by atoms with van der Waals surface area (Å²) in [5.74, 6) is -0.258. The molecule has 0 saturated carbocycles. The van der Waals surface area contributed by atoms with Crippen LogP contribution < -0.4 is 4.74 Å². The van der Waals surface area contributed by atoms with E-state index >= 15 is 0 Å². The van der Waals surface area contributed by atoms with Gasteiger partial charge in [0.05, 0.1) is 25.9 Å². The molecular weight excluding hydrogens is 267 g/mol. The van der Waals surface area contributed by atoms with Gasteiger partial charge in [-0.25, -0.2) is 4.39 Å². The van der Waals surface area contributed by atoms with Gasteiger partial charge in [0.1, 0.15) is 0 Å². The van der Waals surface area contributed by atoms with E-state index in [0.717, 1.165) is 0 Å². The first-order valence-electron chi connectivity index (χ1n) is 4.49. The molecule has 1 saturated heterocycles. The first-order chi connectivity index (χ1) is 7.24. The Morgan fingerprint density at radius 1 is 1.40 bits per heavy atom. The van der Waals surface area contributed by atoms with Crippen molar-refractivity contribution in [2.75, 3.05) is 20.3 Å². The molecule has 0 bridgehead atoms. The molecule has 1 aromatic rings. The summed E-state index contributed by atoms with van der Waals surface area (Å²) in [5.41, 5.74) is 0.354. The molecule has 0 aromatic heterocycles. The van der Waals surface area contributed by atoms with Crippen molar-refractivity contribution in [1.29, 1.82) is 0 Å². The van der Waals surface area contributed by atoms with Gasteiger partial charge in [-0.15, -0.1) is 0 Å². The molecule has 0 N–H and O–H groups in total. The fraction of sp³-hybridized carbons (Fsp3) is 0.400. The maximum Gasteiger partial charge on any atom is 0.188 e. The number of benzene rings is 1. The van der Waals surface area contributed by atoms with Gasteiger partial charge in [-0.3, -0.25) is 0 Å². The van der Waals surface area contributed by atoms with Crippen LogP contribution in [-0.2, 0) is 9.47 Å². The average Bonchev–Trinajstić information content (AvgIpc) is 2.71. The zero-order chi connectivity index (χ0) is 10.8. The molecule has 2 rings (SSSR count). The van der Waals surface area contributed by atoms with E-state index < -0.39 is 12.1 Å². The summed E-state index contributed by atoms with van der Waals surface area (Å²) in [5, 5.41) is 0. The maximum absolute atomic E-state index is 13.9. The van der Waals surface area contributed by atoms with E-state index in [9.17, 15) is 4.39 Å². The summed E-state index contributed by atoms with van der Waals surface area (Å²) >= 11 is 3.26. The van der Waals surface area contributed by atoms with Crippen LogP contribution in [0.3, 0.4) is 0 Å². The van der Waals surface area contributed by atoms with E-state index in [-0.39, 0.29) is 5.75 Å². The van der Waals surface area contributed by atoms with Gasteiger partial charge in [0.25, 0.3) is 0 Å². The Labute approximate surface area is 95.3 Å². The van der Waals surface area contributed by atoms with Gasteiger partial charge in [0.15, 0.2) is 17.9 Å². The normalized spacial score (nSPS) is 17.0. The Hall–Kier alpha value is -0.650. The summed E-state index contributed by atoms with van der Waals surface area (Å²) in [6, 6.07) is 3.26. The molecule has 0 atom stereocenters. The predicted molar refractivity (Wildman–Crippen MR) is 55.3 cm³/mol. The Balaban J connectivity index is 2.43. The Bertz CT molecular complexity index is 364. The van der Waals surface area contributed by atoms with Crippen LogP contribution in [0.5, 0.6) is 5.75 Å². The molecule has 1 fully saturated rings.